The van der Waals surface area contributed by atoms with E-state index in [2.05, 4.69) is 50.3 Å². The number of anilines is 1. The minimum atomic E-state index is 0.509. The van der Waals surface area contributed by atoms with Crippen molar-refractivity contribution in [2.24, 2.45) is 5.16 Å². The van der Waals surface area contributed by atoms with E-state index >= 15 is 0 Å². The van der Waals surface area contributed by atoms with Crippen LogP contribution in [0.5, 0.6) is 11.6 Å². The lowest BCUT2D eigenvalue weighted by Crippen LogP contribution is -2.49. The van der Waals surface area contributed by atoms with Crippen molar-refractivity contribution in [1.82, 2.24) is 9.88 Å². The molecule has 30 heavy (non-hydrogen) atoms. The molecule has 0 bridgehead atoms. The van der Waals surface area contributed by atoms with Crippen LogP contribution in [0.1, 0.15) is 16.7 Å². The van der Waals surface area contributed by atoms with Crippen molar-refractivity contribution < 1.29 is 9.94 Å². The number of rotatable bonds is 4. The van der Waals surface area contributed by atoms with Crippen LogP contribution in [0.15, 0.2) is 72.0 Å². The molecular formula is C24H26N4O2. The lowest BCUT2D eigenvalue weighted by molar-refractivity contribution is 0.296. The number of piperazine rings is 1. The molecule has 0 unspecified atom stereocenters. The minimum Gasteiger partial charge on any atom is -0.439 e. The molecule has 0 atom stereocenters. The third-order valence-corrected chi connectivity index (χ3v) is 5.21. The predicted octanol–water partition coefficient (Wildman–Crippen LogP) is 4.45. The molecule has 0 aliphatic carbocycles. The van der Waals surface area contributed by atoms with Gasteiger partial charge in [-0.15, -0.1) is 0 Å². The van der Waals surface area contributed by atoms with Crippen LogP contribution >= 0.6 is 0 Å². The number of para-hydroxylation sites is 1. The monoisotopic (exact) mass is 402 g/mol. The van der Waals surface area contributed by atoms with Gasteiger partial charge in [-0.05, 0) is 55.3 Å². The number of benzene rings is 2. The third kappa shape index (κ3) is 4.54. The van der Waals surface area contributed by atoms with Gasteiger partial charge in [-0.3, -0.25) is 0 Å². The molecule has 1 saturated heterocycles. The molecule has 6 heteroatoms. The summed E-state index contributed by atoms with van der Waals surface area (Å²) in [6.45, 7) is 7.36. The highest BCUT2D eigenvalue weighted by Crippen LogP contribution is 2.23. The molecule has 1 aliphatic heterocycles. The number of hydrogen-bond donors (Lipinski definition) is 1. The van der Waals surface area contributed by atoms with E-state index in [1.165, 1.54) is 5.69 Å². The SMILES string of the molecule is Cc1cc(C)cc(Oc2ccc(/C(=N/O)N3CCN(c4ccccc4)CC3)cn2)c1. The summed E-state index contributed by atoms with van der Waals surface area (Å²) in [6.07, 6.45) is 1.69. The maximum absolute atomic E-state index is 9.65. The van der Waals surface area contributed by atoms with E-state index in [0.29, 0.717) is 11.7 Å². The van der Waals surface area contributed by atoms with Gasteiger partial charge in [0.05, 0.1) is 0 Å². The molecule has 3 aromatic rings. The number of pyridine rings is 1. The quantitative estimate of drug-likeness (QED) is 0.302. The first-order valence-corrected chi connectivity index (χ1v) is 10.1. The van der Waals surface area contributed by atoms with Crippen molar-refractivity contribution in [2.45, 2.75) is 13.8 Å². The van der Waals surface area contributed by atoms with Crippen molar-refractivity contribution in [3.8, 4) is 11.6 Å². The Balaban J connectivity index is 1.41. The van der Waals surface area contributed by atoms with Gasteiger partial charge in [-0.2, -0.15) is 0 Å². The number of hydrogen-bond acceptors (Lipinski definition) is 5. The van der Waals surface area contributed by atoms with Crippen LogP contribution in [0.2, 0.25) is 0 Å². The molecule has 2 heterocycles. The first kappa shape index (κ1) is 19.8. The fourth-order valence-electron chi connectivity index (χ4n) is 3.80. The van der Waals surface area contributed by atoms with E-state index in [0.717, 1.165) is 48.6 Å². The summed E-state index contributed by atoms with van der Waals surface area (Å²) >= 11 is 0. The number of amidine groups is 1. The summed E-state index contributed by atoms with van der Waals surface area (Å²) in [7, 11) is 0. The van der Waals surface area contributed by atoms with Crippen LogP contribution in [-0.2, 0) is 0 Å². The van der Waals surface area contributed by atoms with E-state index in [-0.39, 0.29) is 0 Å². The zero-order valence-corrected chi connectivity index (χ0v) is 17.3. The van der Waals surface area contributed by atoms with Crippen molar-refractivity contribution in [3.05, 3.63) is 83.6 Å². The van der Waals surface area contributed by atoms with Gasteiger partial charge in [0.15, 0.2) is 5.84 Å². The fourth-order valence-corrected chi connectivity index (χ4v) is 3.80. The molecule has 1 fully saturated rings. The lowest BCUT2D eigenvalue weighted by Gasteiger charge is -2.37. The maximum Gasteiger partial charge on any atom is 0.219 e. The zero-order valence-electron chi connectivity index (χ0n) is 17.3. The van der Waals surface area contributed by atoms with Crippen molar-refractivity contribution in [1.29, 1.82) is 0 Å². The topological polar surface area (TPSA) is 61.2 Å². The summed E-state index contributed by atoms with van der Waals surface area (Å²) < 4.78 is 5.88. The summed E-state index contributed by atoms with van der Waals surface area (Å²) in [5, 5.41) is 13.2. The van der Waals surface area contributed by atoms with Crippen LogP contribution in [-0.4, -0.2) is 47.1 Å². The maximum atomic E-state index is 9.65. The van der Waals surface area contributed by atoms with Gasteiger partial charge in [0.2, 0.25) is 5.88 Å². The van der Waals surface area contributed by atoms with Gasteiger partial charge in [-0.25, -0.2) is 4.98 Å². The van der Waals surface area contributed by atoms with Crippen LogP contribution < -0.4 is 9.64 Å². The number of aromatic nitrogens is 1. The van der Waals surface area contributed by atoms with E-state index in [1.807, 2.05) is 38.1 Å². The minimum absolute atomic E-state index is 0.509. The Labute approximate surface area is 177 Å². The highest BCUT2D eigenvalue weighted by atomic mass is 16.5. The molecular weight excluding hydrogens is 376 g/mol. The molecule has 6 nitrogen and oxygen atoms in total. The van der Waals surface area contributed by atoms with Crippen LogP contribution in [0.3, 0.4) is 0 Å². The normalized spacial score (nSPS) is 14.7. The van der Waals surface area contributed by atoms with Crippen LogP contribution in [0.25, 0.3) is 0 Å². The average Bonchev–Trinajstić information content (AvgIpc) is 2.76. The molecule has 0 amide bonds. The molecule has 154 valence electrons. The van der Waals surface area contributed by atoms with Gasteiger partial charge in [-0.1, -0.05) is 29.4 Å². The van der Waals surface area contributed by atoms with E-state index in [9.17, 15) is 5.21 Å². The number of oxime groups is 1. The number of aryl methyl sites for hydroxylation is 2. The molecule has 1 aliphatic rings. The molecule has 1 aromatic heterocycles. The van der Waals surface area contributed by atoms with E-state index in [4.69, 9.17) is 4.74 Å². The number of ether oxygens (including phenoxy) is 1. The summed E-state index contributed by atoms with van der Waals surface area (Å²) in [6, 6.07) is 20.1. The van der Waals surface area contributed by atoms with Gasteiger partial charge in [0, 0.05) is 49.7 Å². The Hall–Kier alpha value is -3.54. The Morgan fingerprint density at radius 3 is 2.23 bits per heavy atom. The zero-order chi connectivity index (χ0) is 20.9. The smallest absolute Gasteiger partial charge is 0.219 e. The summed E-state index contributed by atoms with van der Waals surface area (Å²) in [5.74, 6) is 1.81. The van der Waals surface area contributed by atoms with E-state index in [1.54, 1.807) is 12.3 Å². The first-order valence-electron chi connectivity index (χ1n) is 10.1. The second kappa shape index (κ2) is 8.86. The standard InChI is InChI=1S/C24H26N4O2/c1-18-14-19(2)16-22(15-18)30-23-9-8-20(17-25-23)24(26-29)28-12-10-27(11-13-28)21-6-4-3-5-7-21/h3-9,14-17,29H,10-13H2,1-2H3/b26-24-. The Morgan fingerprint density at radius 2 is 1.63 bits per heavy atom. The average molecular weight is 402 g/mol. The molecule has 0 saturated carbocycles. The third-order valence-electron chi connectivity index (χ3n) is 5.21. The van der Waals surface area contributed by atoms with Crippen LogP contribution in [0.4, 0.5) is 5.69 Å². The lowest BCUT2D eigenvalue weighted by atomic mass is 10.1. The first-order chi connectivity index (χ1) is 14.6. The largest absolute Gasteiger partial charge is 0.439 e. The molecule has 1 N–H and O–H groups in total. The summed E-state index contributed by atoms with van der Waals surface area (Å²) in [5.41, 5.74) is 4.27. The van der Waals surface area contributed by atoms with E-state index < -0.39 is 0 Å². The molecule has 2 aromatic carbocycles. The highest BCUT2D eigenvalue weighted by molar-refractivity contribution is 5.98. The molecule has 0 radical (unpaired) electrons. The Morgan fingerprint density at radius 1 is 0.933 bits per heavy atom. The van der Waals surface area contributed by atoms with Crippen molar-refractivity contribution in [2.75, 3.05) is 31.1 Å². The second-order valence-corrected chi connectivity index (χ2v) is 7.54. The summed E-state index contributed by atoms with van der Waals surface area (Å²) in [4.78, 5) is 8.83. The second-order valence-electron chi connectivity index (χ2n) is 7.54. The fraction of sp³-hybridized carbons (Fsp3) is 0.250. The number of nitrogens with zero attached hydrogens (tertiary/aromatic N) is 4. The Kier molecular flexibility index (Phi) is 5.84. The van der Waals surface area contributed by atoms with Gasteiger partial charge in [0.1, 0.15) is 5.75 Å². The van der Waals surface area contributed by atoms with Gasteiger partial charge < -0.3 is 19.7 Å². The van der Waals surface area contributed by atoms with Crippen LogP contribution in [0, 0.1) is 13.8 Å². The predicted molar refractivity (Wildman–Crippen MR) is 119 cm³/mol. The van der Waals surface area contributed by atoms with Gasteiger partial charge in [0.25, 0.3) is 0 Å². The van der Waals surface area contributed by atoms with Crippen molar-refractivity contribution in [3.63, 3.8) is 0 Å². The highest BCUT2D eigenvalue weighted by Gasteiger charge is 2.22. The Bertz CT molecular complexity index is 991. The molecule has 0 spiro atoms. The van der Waals surface area contributed by atoms with Gasteiger partial charge >= 0.3 is 0 Å². The van der Waals surface area contributed by atoms with Crippen molar-refractivity contribution >= 4 is 11.5 Å². The molecule has 4 rings (SSSR count).